The third kappa shape index (κ3) is 4.32. The summed E-state index contributed by atoms with van der Waals surface area (Å²) in [7, 11) is 0. The first-order valence-electron chi connectivity index (χ1n) is 11.0. The first kappa shape index (κ1) is 23.6. The summed E-state index contributed by atoms with van der Waals surface area (Å²) in [6.45, 7) is 3.70. The highest BCUT2D eigenvalue weighted by atomic mass is 32.1. The molecule has 2 aromatic heterocycles. The zero-order valence-electron chi connectivity index (χ0n) is 19.3. The lowest BCUT2D eigenvalue weighted by atomic mass is 10.0. The number of amides is 1. The van der Waals surface area contributed by atoms with Crippen LogP contribution in [-0.2, 0) is 4.79 Å². The number of non-ortho nitro benzene ring substituents is 1. The monoisotopic (exact) mass is 516 g/mol. The van der Waals surface area contributed by atoms with Crippen LogP contribution in [-0.4, -0.2) is 15.4 Å². The molecule has 0 radical (unpaired) electrons. The van der Waals surface area contributed by atoms with E-state index in [1.54, 1.807) is 29.7 Å². The first-order valence-corrected chi connectivity index (χ1v) is 12.7. The summed E-state index contributed by atoms with van der Waals surface area (Å²) in [5.41, 5.74) is 2.95. The van der Waals surface area contributed by atoms with Crippen molar-refractivity contribution in [1.29, 1.82) is 0 Å². The lowest BCUT2D eigenvalue weighted by Crippen LogP contribution is -2.40. The van der Waals surface area contributed by atoms with Crippen LogP contribution in [0, 0.1) is 17.0 Å². The minimum atomic E-state index is -0.621. The molecule has 1 amide bonds. The summed E-state index contributed by atoms with van der Waals surface area (Å²) in [6, 6.07) is 16.7. The minimum Gasteiger partial charge on any atom is -0.322 e. The number of allylic oxidation sites excluding steroid dienone is 1. The largest absolute Gasteiger partial charge is 0.322 e. The molecule has 8 nitrogen and oxygen atoms in total. The molecule has 0 spiro atoms. The summed E-state index contributed by atoms with van der Waals surface area (Å²) in [6.07, 6.45) is 1.69. The number of anilines is 1. The lowest BCUT2D eigenvalue weighted by Gasteiger charge is -2.24. The number of nitro groups is 1. The third-order valence-corrected chi connectivity index (χ3v) is 7.78. The van der Waals surface area contributed by atoms with E-state index < -0.39 is 11.0 Å². The normalized spacial score (nSPS) is 15.4. The number of para-hydroxylation sites is 1. The molecule has 0 bridgehead atoms. The van der Waals surface area contributed by atoms with Gasteiger partial charge in [-0.3, -0.25) is 24.3 Å². The zero-order valence-corrected chi connectivity index (χ0v) is 20.9. The van der Waals surface area contributed by atoms with E-state index in [4.69, 9.17) is 0 Å². The molecule has 1 unspecified atom stereocenters. The summed E-state index contributed by atoms with van der Waals surface area (Å²) >= 11 is 2.69. The second-order valence-corrected chi connectivity index (χ2v) is 10.2. The van der Waals surface area contributed by atoms with Crippen LogP contribution in [0.5, 0.6) is 0 Å². The molecule has 36 heavy (non-hydrogen) atoms. The van der Waals surface area contributed by atoms with Crippen LogP contribution < -0.4 is 20.2 Å². The maximum atomic E-state index is 13.6. The molecule has 1 aliphatic rings. The predicted molar refractivity (Wildman–Crippen MR) is 141 cm³/mol. The van der Waals surface area contributed by atoms with Gasteiger partial charge in [0.15, 0.2) is 4.80 Å². The Labute approximate surface area is 213 Å². The summed E-state index contributed by atoms with van der Waals surface area (Å²) in [5, 5.41) is 15.8. The number of carbonyl (C=O) groups is 1. The van der Waals surface area contributed by atoms with Crippen molar-refractivity contribution in [3.05, 3.63) is 123 Å². The summed E-state index contributed by atoms with van der Waals surface area (Å²) in [5.74, 6) is -0.311. The van der Waals surface area contributed by atoms with E-state index >= 15 is 0 Å². The molecule has 1 aliphatic heterocycles. The van der Waals surface area contributed by atoms with E-state index in [0.717, 1.165) is 10.4 Å². The van der Waals surface area contributed by atoms with E-state index in [-0.39, 0.29) is 17.2 Å². The Morgan fingerprint density at radius 2 is 1.86 bits per heavy atom. The van der Waals surface area contributed by atoms with Crippen LogP contribution in [0.3, 0.4) is 0 Å². The summed E-state index contributed by atoms with van der Waals surface area (Å²) in [4.78, 5) is 43.6. The minimum absolute atomic E-state index is 0.0220. The van der Waals surface area contributed by atoms with Crippen molar-refractivity contribution in [2.75, 3.05) is 5.32 Å². The van der Waals surface area contributed by atoms with Crippen LogP contribution in [0.25, 0.3) is 6.08 Å². The van der Waals surface area contributed by atoms with Gasteiger partial charge in [-0.25, -0.2) is 4.99 Å². The Morgan fingerprint density at radius 1 is 1.11 bits per heavy atom. The van der Waals surface area contributed by atoms with Crippen LogP contribution in [0.1, 0.15) is 29.0 Å². The SMILES string of the molecule is CC1=C(C(=O)Nc2ccccc2C)C(c2cccs2)n2c(sc(=Cc3ccc([N+](=O)[O-])cc3)c2=O)=N1. The van der Waals surface area contributed by atoms with Gasteiger partial charge in [0.05, 0.1) is 20.7 Å². The van der Waals surface area contributed by atoms with Gasteiger partial charge in [-0.1, -0.05) is 35.6 Å². The number of nitrogens with zero attached hydrogens (tertiary/aromatic N) is 3. The molecule has 5 rings (SSSR count). The molecular weight excluding hydrogens is 496 g/mol. The Morgan fingerprint density at radius 3 is 2.53 bits per heavy atom. The Balaban J connectivity index is 1.62. The third-order valence-electron chi connectivity index (χ3n) is 5.87. The van der Waals surface area contributed by atoms with Gasteiger partial charge < -0.3 is 5.32 Å². The number of aryl methyl sites for hydroxylation is 1. The average Bonchev–Trinajstić information content (AvgIpc) is 3.49. The molecular formula is C26H20N4O4S2. The lowest BCUT2D eigenvalue weighted by molar-refractivity contribution is -0.384. The quantitative estimate of drug-likeness (QED) is 0.318. The molecule has 4 aromatic rings. The second-order valence-electron chi connectivity index (χ2n) is 8.21. The molecule has 1 atom stereocenters. The number of hydrogen-bond acceptors (Lipinski definition) is 7. The number of rotatable bonds is 5. The number of aromatic nitrogens is 1. The van der Waals surface area contributed by atoms with Gasteiger partial charge in [0.25, 0.3) is 17.2 Å². The number of nitro benzene ring substituents is 1. The highest BCUT2D eigenvalue weighted by Crippen LogP contribution is 2.33. The van der Waals surface area contributed by atoms with Crippen LogP contribution >= 0.6 is 22.7 Å². The van der Waals surface area contributed by atoms with Crippen molar-refractivity contribution in [2.45, 2.75) is 19.9 Å². The standard InChI is InChI=1S/C26H20N4O4S2/c1-15-6-3-4-7-19(15)28-24(31)22-16(2)27-26-29(23(22)20-8-5-13-35-20)25(32)21(36-26)14-17-9-11-18(12-10-17)30(33)34/h3-14,23H,1-2H3,(H,28,31). The van der Waals surface area contributed by atoms with Gasteiger partial charge in [-0.2, -0.15) is 0 Å². The van der Waals surface area contributed by atoms with E-state index in [9.17, 15) is 19.7 Å². The fourth-order valence-corrected chi connectivity index (χ4v) is 5.94. The van der Waals surface area contributed by atoms with Gasteiger partial charge in [0.1, 0.15) is 6.04 Å². The number of carbonyl (C=O) groups excluding carboxylic acids is 1. The van der Waals surface area contributed by atoms with Gasteiger partial charge in [-0.05, 0) is 60.7 Å². The molecule has 3 heterocycles. The molecule has 0 saturated carbocycles. The molecule has 180 valence electrons. The topological polar surface area (TPSA) is 107 Å². The van der Waals surface area contributed by atoms with Crippen molar-refractivity contribution in [3.8, 4) is 0 Å². The molecule has 0 saturated heterocycles. The molecule has 0 aliphatic carbocycles. The van der Waals surface area contributed by atoms with Gasteiger partial charge in [0.2, 0.25) is 0 Å². The van der Waals surface area contributed by atoms with Crippen LogP contribution in [0.2, 0.25) is 0 Å². The smallest absolute Gasteiger partial charge is 0.271 e. The van der Waals surface area contributed by atoms with Crippen molar-refractivity contribution >= 4 is 46.0 Å². The highest BCUT2D eigenvalue weighted by Gasteiger charge is 2.33. The molecule has 0 fully saturated rings. The van der Waals surface area contributed by atoms with E-state index in [1.165, 1.54) is 34.8 Å². The first-order chi connectivity index (χ1) is 17.3. The summed E-state index contributed by atoms with van der Waals surface area (Å²) < 4.78 is 1.99. The molecule has 2 aromatic carbocycles. The fraction of sp³-hybridized carbons (Fsp3) is 0.115. The molecule has 1 N–H and O–H groups in total. The van der Waals surface area contributed by atoms with Crippen molar-refractivity contribution in [3.63, 3.8) is 0 Å². The number of thiophene rings is 1. The number of hydrogen-bond donors (Lipinski definition) is 1. The zero-order chi connectivity index (χ0) is 25.4. The van der Waals surface area contributed by atoms with Gasteiger partial charge in [0, 0.05) is 22.7 Å². The van der Waals surface area contributed by atoms with E-state index in [0.29, 0.717) is 31.9 Å². The van der Waals surface area contributed by atoms with Crippen molar-refractivity contribution in [1.82, 2.24) is 4.57 Å². The van der Waals surface area contributed by atoms with Crippen LogP contribution in [0.15, 0.2) is 87.1 Å². The second kappa shape index (κ2) is 9.48. The molecule has 10 heteroatoms. The maximum Gasteiger partial charge on any atom is 0.271 e. The van der Waals surface area contributed by atoms with E-state index in [2.05, 4.69) is 10.3 Å². The van der Waals surface area contributed by atoms with Gasteiger partial charge >= 0.3 is 0 Å². The van der Waals surface area contributed by atoms with Crippen molar-refractivity contribution < 1.29 is 9.72 Å². The Bertz CT molecular complexity index is 1700. The van der Waals surface area contributed by atoms with Gasteiger partial charge in [-0.15, -0.1) is 11.3 Å². The number of thiazole rings is 1. The fourth-order valence-electron chi connectivity index (χ4n) is 4.07. The number of nitrogens with one attached hydrogen (secondary N) is 1. The highest BCUT2D eigenvalue weighted by molar-refractivity contribution is 7.10. The Hall–Kier alpha value is -4.15. The van der Waals surface area contributed by atoms with E-state index in [1.807, 2.05) is 48.7 Å². The number of benzene rings is 2. The van der Waals surface area contributed by atoms with Crippen molar-refractivity contribution in [2.24, 2.45) is 4.99 Å². The number of fused-ring (bicyclic) bond motifs is 1. The predicted octanol–water partition coefficient (Wildman–Crippen LogP) is 4.15. The van der Waals surface area contributed by atoms with Crippen LogP contribution in [0.4, 0.5) is 11.4 Å². The Kier molecular flexibility index (Phi) is 6.21. The maximum absolute atomic E-state index is 13.6. The average molecular weight is 517 g/mol.